The van der Waals surface area contributed by atoms with Crippen LogP contribution in [0, 0.1) is 5.92 Å². The summed E-state index contributed by atoms with van der Waals surface area (Å²) in [4.78, 5) is 15.4. The summed E-state index contributed by atoms with van der Waals surface area (Å²) in [6.45, 7) is 10.4. The van der Waals surface area contributed by atoms with Crippen LogP contribution < -0.4 is 5.32 Å². The highest BCUT2D eigenvalue weighted by Crippen LogP contribution is 2.29. The third kappa shape index (κ3) is 5.76. The maximum Gasteiger partial charge on any atom is 0.410 e. The van der Waals surface area contributed by atoms with E-state index in [9.17, 15) is 4.79 Å². The molecule has 6 heteroatoms. The zero-order valence-electron chi connectivity index (χ0n) is 14.4. The lowest BCUT2D eigenvalue weighted by Crippen LogP contribution is -2.45. The number of rotatable bonds is 4. The smallest absolute Gasteiger partial charge is 0.410 e. The summed E-state index contributed by atoms with van der Waals surface area (Å²) in [5.74, 6) is 0.484. The number of nitrogens with zero attached hydrogens (tertiary/aromatic N) is 1. The fourth-order valence-electron chi connectivity index (χ4n) is 2.77. The first-order valence-corrected chi connectivity index (χ1v) is 9.87. The zero-order valence-corrected chi connectivity index (χ0v) is 16.8. The fraction of sp³-hybridized carbons (Fsp3) is 0.706. The molecular formula is C17H27BrN2O2S. The minimum Gasteiger partial charge on any atom is -0.444 e. The molecule has 2 heterocycles. The van der Waals surface area contributed by atoms with Gasteiger partial charge in [-0.15, -0.1) is 11.3 Å². The molecule has 0 bridgehead atoms. The van der Waals surface area contributed by atoms with Crippen LogP contribution in [0.5, 0.6) is 0 Å². The molecule has 1 saturated heterocycles. The highest BCUT2D eigenvalue weighted by molar-refractivity contribution is 9.10. The summed E-state index contributed by atoms with van der Waals surface area (Å²) < 4.78 is 6.66. The number of nitrogens with one attached hydrogen (secondary N) is 1. The van der Waals surface area contributed by atoms with Crippen LogP contribution in [0.3, 0.4) is 0 Å². The lowest BCUT2D eigenvalue weighted by molar-refractivity contribution is 0.0165. The topological polar surface area (TPSA) is 41.6 Å². The molecule has 0 saturated carbocycles. The Morgan fingerprint density at radius 3 is 2.91 bits per heavy atom. The molecule has 1 fully saturated rings. The number of carbonyl (C=O) groups is 1. The number of piperidine rings is 1. The lowest BCUT2D eigenvalue weighted by atomic mass is 9.98. The summed E-state index contributed by atoms with van der Waals surface area (Å²) >= 11 is 5.35. The van der Waals surface area contributed by atoms with Crippen molar-refractivity contribution in [2.75, 3.05) is 19.6 Å². The second-order valence-corrected chi connectivity index (χ2v) is 9.00. The van der Waals surface area contributed by atoms with Crippen LogP contribution >= 0.6 is 27.3 Å². The van der Waals surface area contributed by atoms with E-state index in [4.69, 9.17) is 4.74 Å². The predicted molar refractivity (Wildman–Crippen MR) is 99.0 cm³/mol. The fourth-order valence-corrected chi connectivity index (χ4v) is 4.52. The van der Waals surface area contributed by atoms with E-state index in [2.05, 4.69) is 39.6 Å². The van der Waals surface area contributed by atoms with E-state index >= 15 is 0 Å². The van der Waals surface area contributed by atoms with Crippen LogP contribution in [0.1, 0.15) is 51.5 Å². The average Bonchev–Trinajstić information content (AvgIpc) is 2.89. The first-order chi connectivity index (χ1) is 10.8. The lowest BCUT2D eigenvalue weighted by Gasteiger charge is -2.34. The SMILES string of the molecule is CC(NCC1CCCN(C(=O)OC(C)(C)C)C1)c1sccc1Br. The number of likely N-dealkylation sites (tertiary alicyclic amines) is 1. The van der Waals surface area contributed by atoms with Crippen LogP contribution in [0.2, 0.25) is 0 Å². The largest absolute Gasteiger partial charge is 0.444 e. The second kappa shape index (κ2) is 7.99. The van der Waals surface area contributed by atoms with Gasteiger partial charge >= 0.3 is 6.09 Å². The number of hydrogen-bond acceptors (Lipinski definition) is 4. The molecule has 2 rings (SSSR count). The molecule has 1 amide bonds. The average molecular weight is 403 g/mol. The highest BCUT2D eigenvalue weighted by atomic mass is 79.9. The molecule has 23 heavy (non-hydrogen) atoms. The van der Waals surface area contributed by atoms with Crippen LogP contribution in [-0.2, 0) is 4.74 Å². The molecule has 1 aromatic rings. The Hall–Kier alpha value is -0.590. The van der Waals surface area contributed by atoms with Gasteiger partial charge in [-0.3, -0.25) is 0 Å². The summed E-state index contributed by atoms with van der Waals surface area (Å²) in [6.07, 6.45) is 2.02. The van der Waals surface area contributed by atoms with Gasteiger partial charge in [0.15, 0.2) is 0 Å². The summed E-state index contributed by atoms with van der Waals surface area (Å²) in [5.41, 5.74) is -0.428. The molecule has 1 N–H and O–H groups in total. The van der Waals surface area contributed by atoms with Gasteiger partial charge < -0.3 is 15.0 Å². The molecule has 1 aromatic heterocycles. The van der Waals surface area contributed by atoms with Gasteiger partial charge in [-0.1, -0.05) is 0 Å². The molecule has 0 aromatic carbocycles. The number of amides is 1. The predicted octanol–water partition coefficient (Wildman–Crippen LogP) is 4.81. The van der Waals surface area contributed by atoms with Crippen molar-refractivity contribution < 1.29 is 9.53 Å². The Bertz CT molecular complexity index is 527. The molecule has 2 unspecified atom stereocenters. The van der Waals surface area contributed by atoms with Crippen molar-refractivity contribution >= 4 is 33.4 Å². The molecule has 0 radical (unpaired) electrons. The van der Waals surface area contributed by atoms with E-state index in [0.717, 1.165) is 32.5 Å². The van der Waals surface area contributed by atoms with Gasteiger partial charge in [0.05, 0.1) is 0 Å². The first-order valence-electron chi connectivity index (χ1n) is 8.20. The number of carbonyl (C=O) groups excluding carboxylic acids is 1. The summed E-state index contributed by atoms with van der Waals surface area (Å²) in [5, 5.41) is 5.70. The van der Waals surface area contributed by atoms with Crippen molar-refractivity contribution in [3.8, 4) is 0 Å². The van der Waals surface area contributed by atoms with Gasteiger partial charge in [0, 0.05) is 35.0 Å². The Balaban J connectivity index is 1.82. The monoisotopic (exact) mass is 402 g/mol. The van der Waals surface area contributed by atoms with E-state index in [1.165, 1.54) is 9.35 Å². The van der Waals surface area contributed by atoms with Gasteiger partial charge in [-0.05, 0) is 73.8 Å². The molecule has 1 aliphatic heterocycles. The number of halogens is 1. The minimum atomic E-state index is -0.428. The van der Waals surface area contributed by atoms with Gasteiger partial charge in [-0.25, -0.2) is 4.79 Å². The van der Waals surface area contributed by atoms with Crippen LogP contribution in [0.25, 0.3) is 0 Å². The van der Waals surface area contributed by atoms with Gasteiger partial charge in [0.2, 0.25) is 0 Å². The summed E-state index contributed by atoms with van der Waals surface area (Å²) in [6, 6.07) is 2.41. The van der Waals surface area contributed by atoms with Crippen LogP contribution in [0.4, 0.5) is 4.79 Å². The van der Waals surface area contributed by atoms with Crippen molar-refractivity contribution in [2.45, 2.75) is 52.2 Å². The van der Waals surface area contributed by atoms with Gasteiger partial charge in [0.1, 0.15) is 5.60 Å². The van der Waals surface area contributed by atoms with E-state index in [1.807, 2.05) is 25.7 Å². The minimum absolute atomic E-state index is 0.184. The molecule has 4 nitrogen and oxygen atoms in total. The number of thiophene rings is 1. The zero-order chi connectivity index (χ0) is 17.0. The molecule has 0 spiro atoms. The van der Waals surface area contributed by atoms with Crippen molar-refractivity contribution in [3.63, 3.8) is 0 Å². The van der Waals surface area contributed by atoms with Crippen molar-refractivity contribution in [1.29, 1.82) is 0 Å². The van der Waals surface area contributed by atoms with Crippen molar-refractivity contribution in [3.05, 3.63) is 20.8 Å². The number of hydrogen-bond donors (Lipinski definition) is 1. The molecule has 130 valence electrons. The highest BCUT2D eigenvalue weighted by Gasteiger charge is 2.27. The molecule has 2 atom stereocenters. The normalized spacial score (nSPS) is 20.4. The standard InChI is InChI=1S/C17H27BrN2O2S/c1-12(15-14(18)7-9-23-15)19-10-13-6-5-8-20(11-13)16(21)22-17(2,3)4/h7,9,12-13,19H,5-6,8,10-11H2,1-4H3. The maximum absolute atomic E-state index is 12.2. The van der Waals surface area contributed by atoms with Crippen molar-refractivity contribution in [2.24, 2.45) is 5.92 Å². The molecule has 0 aliphatic carbocycles. The Morgan fingerprint density at radius 2 is 2.30 bits per heavy atom. The summed E-state index contributed by atoms with van der Waals surface area (Å²) in [7, 11) is 0. The molecule has 1 aliphatic rings. The first kappa shape index (κ1) is 18.7. The van der Waals surface area contributed by atoms with Crippen LogP contribution in [-0.4, -0.2) is 36.2 Å². The third-order valence-corrected chi connectivity index (χ3v) is 5.97. The third-order valence-electron chi connectivity index (χ3n) is 3.92. The quantitative estimate of drug-likeness (QED) is 0.785. The second-order valence-electron chi connectivity index (χ2n) is 7.20. The van der Waals surface area contributed by atoms with Crippen molar-refractivity contribution in [1.82, 2.24) is 10.2 Å². The van der Waals surface area contributed by atoms with Crippen LogP contribution in [0.15, 0.2) is 15.9 Å². The van der Waals surface area contributed by atoms with E-state index in [0.29, 0.717) is 12.0 Å². The Labute approximate surface area is 151 Å². The van der Waals surface area contributed by atoms with E-state index in [-0.39, 0.29) is 6.09 Å². The Morgan fingerprint density at radius 1 is 1.57 bits per heavy atom. The van der Waals surface area contributed by atoms with Gasteiger partial charge in [0.25, 0.3) is 0 Å². The molecular weight excluding hydrogens is 376 g/mol. The number of ether oxygens (including phenoxy) is 1. The maximum atomic E-state index is 12.2. The van der Waals surface area contributed by atoms with E-state index < -0.39 is 5.60 Å². The van der Waals surface area contributed by atoms with E-state index in [1.54, 1.807) is 11.3 Å². The Kier molecular flexibility index (Phi) is 6.51. The van der Waals surface area contributed by atoms with Gasteiger partial charge in [-0.2, -0.15) is 0 Å².